The summed E-state index contributed by atoms with van der Waals surface area (Å²) < 4.78 is 5.53. The fourth-order valence-corrected chi connectivity index (χ4v) is 2.54. The molecule has 0 aromatic rings. The third-order valence-corrected chi connectivity index (χ3v) is 3.52. The first-order valence-electron chi connectivity index (χ1n) is 5.70. The lowest BCUT2D eigenvalue weighted by Crippen LogP contribution is -2.59. The second-order valence-corrected chi connectivity index (χ2v) is 5.20. The van der Waals surface area contributed by atoms with Crippen molar-refractivity contribution in [2.75, 3.05) is 26.3 Å². The van der Waals surface area contributed by atoms with Crippen molar-refractivity contribution in [1.29, 1.82) is 0 Å². The van der Waals surface area contributed by atoms with E-state index in [9.17, 15) is 0 Å². The molecule has 2 fully saturated rings. The Morgan fingerprint density at radius 3 is 2.71 bits per heavy atom. The van der Waals surface area contributed by atoms with Crippen LogP contribution >= 0.6 is 0 Å². The summed E-state index contributed by atoms with van der Waals surface area (Å²) in [6, 6.07) is 0.592. The normalized spacial score (nSPS) is 30.2. The van der Waals surface area contributed by atoms with E-state index in [0.717, 1.165) is 32.2 Å². The molecule has 1 aliphatic carbocycles. The molecule has 0 bridgehead atoms. The molecule has 1 saturated carbocycles. The van der Waals surface area contributed by atoms with E-state index in [0.29, 0.717) is 6.04 Å². The molecule has 3 nitrogen and oxygen atoms in total. The molecule has 1 saturated heterocycles. The summed E-state index contributed by atoms with van der Waals surface area (Å²) in [7, 11) is 0. The standard InChI is InChI=1S/C11H22N2O/c1-11(2)8-14-6-5-13(11)10(7-12)9-3-4-9/h9-10H,3-8,12H2,1-2H3. The molecule has 1 heterocycles. The minimum Gasteiger partial charge on any atom is -0.378 e. The van der Waals surface area contributed by atoms with Crippen LogP contribution in [0.15, 0.2) is 0 Å². The van der Waals surface area contributed by atoms with Crippen molar-refractivity contribution in [2.24, 2.45) is 11.7 Å². The zero-order valence-corrected chi connectivity index (χ0v) is 9.33. The van der Waals surface area contributed by atoms with Crippen LogP contribution in [0.2, 0.25) is 0 Å². The number of hydrogen-bond donors (Lipinski definition) is 1. The maximum atomic E-state index is 5.88. The zero-order valence-electron chi connectivity index (χ0n) is 9.33. The Morgan fingerprint density at radius 2 is 2.21 bits per heavy atom. The fraction of sp³-hybridized carbons (Fsp3) is 1.00. The van der Waals surface area contributed by atoms with Gasteiger partial charge in [-0.05, 0) is 32.6 Å². The Bertz CT molecular complexity index is 201. The van der Waals surface area contributed by atoms with Gasteiger partial charge in [0.25, 0.3) is 0 Å². The molecular formula is C11H22N2O. The third-order valence-electron chi connectivity index (χ3n) is 3.52. The quantitative estimate of drug-likeness (QED) is 0.730. The van der Waals surface area contributed by atoms with Crippen molar-refractivity contribution in [3.63, 3.8) is 0 Å². The van der Waals surface area contributed by atoms with E-state index in [1.54, 1.807) is 0 Å². The van der Waals surface area contributed by atoms with Gasteiger partial charge in [-0.25, -0.2) is 0 Å². The SMILES string of the molecule is CC1(C)COCCN1C(CN)C1CC1. The Balaban J connectivity index is 2.04. The highest BCUT2D eigenvalue weighted by atomic mass is 16.5. The van der Waals surface area contributed by atoms with Gasteiger partial charge >= 0.3 is 0 Å². The first-order valence-corrected chi connectivity index (χ1v) is 5.70. The zero-order chi connectivity index (χ0) is 10.2. The second-order valence-electron chi connectivity index (χ2n) is 5.20. The molecule has 0 spiro atoms. The monoisotopic (exact) mass is 198 g/mol. The van der Waals surface area contributed by atoms with Gasteiger partial charge in [0.05, 0.1) is 13.2 Å². The van der Waals surface area contributed by atoms with Crippen LogP contribution in [0.25, 0.3) is 0 Å². The van der Waals surface area contributed by atoms with Crippen molar-refractivity contribution in [1.82, 2.24) is 4.90 Å². The largest absolute Gasteiger partial charge is 0.378 e. The summed E-state index contributed by atoms with van der Waals surface area (Å²) in [5, 5.41) is 0. The molecule has 1 aliphatic heterocycles. The van der Waals surface area contributed by atoms with E-state index < -0.39 is 0 Å². The Kier molecular flexibility index (Phi) is 2.82. The van der Waals surface area contributed by atoms with E-state index in [1.165, 1.54) is 12.8 Å². The first-order chi connectivity index (χ1) is 6.65. The number of hydrogen-bond acceptors (Lipinski definition) is 3. The van der Waals surface area contributed by atoms with Gasteiger partial charge in [-0.15, -0.1) is 0 Å². The van der Waals surface area contributed by atoms with Crippen molar-refractivity contribution in [2.45, 2.75) is 38.3 Å². The van der Waals surface area contributed by atoms with Crippen LogP contribution in [0, 0.1) is 5.92 Å². The number of rotatable bonds is 3. The molecule has 2 aliphatic rings. The molecule has 3 heteroatoms. The van der Waals surface area contributed by atoms with Crippen LogP contribution in [0.3, 0.4) is 0 Å². The van der Waals surface area contributed by atoms with Crippen LogP contribution in [0.5, 0.6) is 0 Å². The average molecular weight is 198 g/mol. The van der Waals surface area contributed by atoms with Crippen molar-refractivity contribution in [3.8, 4) is 0 Å². The van der Waals surface area contributed by atoms with Crippen LogP contribution in [-0.2, 0) is 4.74 Å². The number of morpholine rings is 1. The molecule has 1 unspecified atom stereocenters. The summed E-state index contributed by atoms with van der Waals surface area (Å²) in [6.45, 7) is 8.08. The van der Waals surface area contributed by atoms with Gasteiger partial charge < -0.3 is 10.5 Å². The Hall–Kier alpha value is -0.120. The number of nitrogens with two attached hydrogens (primary N) is 1. The predicted molar refractivity (Wildman–Crippen MR) is 57.2 cm³/mol. The van der Waals surface area contributed by atoms with E-state index in [-0.39, 0.29) is 5.54 Å². The molecule has 0 aromatic heterocycles. The number of ether oxygens (including phenoxy) is 1. The fourth-order valence-electron chi connectivity index (χ4n) is 2.54. The van der Waals surface area contributed by atoms with Gasteiger partial charge in [0.1, 0.15) is 0 Å². The molecule has 14 heavy (non-hydrogen) atoms. The maximum absolute atomic E-state index is 5.88. The van der Waals surface area contributed by atoms with Gasteiger partial charge in [0.15, 0.2) is 0 Å². The molecule has 82 valence electrons. The van der Waals surface area contributed by atoms with Gasteiger partial charge in [-0.1, -0.05) is 0 Å². The van der Waals surface area contributed by atoms with Crippen LogP contribution in [0.4, 0.5) is 0 Å². The van der Waals surface area contributed by atoms with E-state index in [4.69, 9.17) is 10.5 Å². The molecule has 0 radical (unpaired) electrons. The highest BCUT2D eigenvalue weighted by Gasteiger charge is 2.41. The second kappa shape index (κ2) is 3.80. The summed E-state index contributed by atoms with van der Waals surface area (Å²) >= 11 is 0. The van der Waals surface area contributed by atoms with Crippen LogP contribution < -0.4 is 5.73 Å². The minimum atomic E-state index is 0.172. The highest BCUT2D eigenvalue weighted by molar-refractivity contribution is 4.96. The summed E-state index contributed by atoms with van der Waals surface area (Å²) in [5.41, 5.74) is 6.05. The van der Waals surface area contributed by atoms with E-state index in [1.807, 2.05) is 0 Å². The lowest BCUT2D eigenvalue weighted by molar-refractivity contribution is -0.0742. The first kappa shape index (κ1) is 10.4. The molecule has 2 N–H and O–H groups in total. The van der Waals surface area contributed by atoms with Gasteiger partial charge in [-0.3, -0.25) is 4.90 Å². The van der Waals surface area contributed by atoms with Crippen molar-refractivity contribution < 1.29 is 4.74 Å². The summed E-state index contributed by atoms with van der Waals surface area (Å²) in [4.78, 5) is 2.56. The molecule has 1 atom stereocenters. The molecule has 0 amide bonds. The lowest BCUT2D eigenvalue weighted by Gasteiger charge is -2.46. The number of nitrogens with zero attached hydrogens (tertiary/aromatic N) is 1. The van der Waals surface area contributed by atoms with Crippen LogP contribution in [-0.4, -0.2) is 42.8 Å². The highest BCUT2D eigenvalue weighted by Crippen LogP contribution is 2.37. The lowest BCUT2D eigenvalue weighted by atomic mass is 9.97. The molecular weight excluding hydrogens is 176 g/mol. The summed E-state index contributed by atoms with van der Waals surface area (Å²) in [6.07, 6.45) is 2.74. The van der Waals surface area contributed by atoms with E-state index in [2.05, 4.69) is 18.7 Å². The third kappa shape index (κ3) is 1.95. The Morgan fingerprint density at radius 1 is 1.50 bits per heavy atom. The topological polar surface area (TPSA) is 38.5 Å². The van der Waals surface area contributed by atoms with Crippen LogP contribution in [0.1, 0.15) is 26.7 Å². The van der Waals surface area contributed by atoms with Gasteiger partial charge in [-0.2, -0.15) is 0 Å². The Labute approximate surface area is 86.6 Å². The van der Waals surface area contributed by atoms with Gasteiger partial charge in [0.2, 0.25) is 0 Å². The van der Waals surface area contributed by atoms with Crippen molar-refractivity contribution in [3.05, 3.63) is 0 Å². The smallest absolute Gasteiger partial charge is 0.0645 e. The maximum Gasteiger partial charge on any atom is 0.0645 e. The minimum absolute atomic E-state index is 0.172. The van der Waals surface area contributed by atoms with Gasteiger partial charge in [0, 0.05) is 24.7 Å². The average Bonchev–Trinajstić information content (AvgIpc) is 2.92. The van der Waals surface area contributed by atoms with Crippen molar-refractivity contribution >= 4 is 0 Å². The van der Waals surface area contributed by atoms with E-state index >= 15 is 0 Å². The summed E-state index contributed by atoms with van der Waals surface area (Å²) in [5.74, 6) is 0.859. The molecule has 0 aromatic carbocycles. The predicted octanol–water partition coefficient (Wildman–Crippen LogP) is 0.834. The molecule has 2 rings (SSSR count).